The highest BCUT2D eigenvalue weighted by atomic mass is 16.9. The number of rotatable bonds is 6. The lowest BCUT2D eigenvalue weighted by Crippen LogP contribution is -2.25. The van der Waals surface area contributed by atoms with Gasteiger partial charge in [0.1, 0.15) is 0 Å². The summed E-state index contributed by atoms with van der Waals surface area (Å²) < 4.78 is 0. The van der Waals surface area contributed by atoms with Crippen molar-refractivity contribution in [2.75, 3.05) is 34.3 Å². The Kier molecular flexibility index (Phi) is 11.4. The monoisotopic (exact) mass is 247 g/mol. The van der Waals surface area contributed by atoms with E-state index in [0.29, 0.717) is 18.5 Å². The minimum absolute atomic E-state index is 0.0104. The zero-order valence-corrected chi connectivity index (χ0v) is 10.9. The smallest absolute Gasteiger partial charge is 0.294 e. The molecule has 17 heavy (non-hydrogen) atoms. The summed E-state index contributed by atoms with van der Waals surface area (Å²) in [5.41, 5.74) is 0.412. The van der Waals surface area contributed by atoms with Crippen LogP contribution in [0.4, 0.5) is 0 Å². The molecule has 100 valence electrons. The zero-order chi connectivity index (χ0) is 13.8. The second-order valence-electron chi connectivity index (χ2n) is 3.79. The van der Waals surface area contributed by atoms with Gasteiger partial charge in [0, 0.05) is 12.1 Å². The summed E-state index contributed by atoms with van der Waals surface area (Å²) in [5.74, 6) is -0.249. The van der Waals surface area contributed by atoms with E-state index in [4.69, 9.17) is 0 Å². The van der Waals surface area contributed by atoms with Gasteiger partial charge in [-0.05, 0) is 34.5 Å². The largest absolute Gasteiger partial charge is 0.352 e. The Morgan fingerprint density at radius 3 is 2.29 bits per heavy atom. The SMILES string of the molecule is C=C(C)C(=O)NCCCO[N+](=O)[O-].CN(C)C. The van der Waals surface area contributed by atoms with Gasteiger partial charge in [-0.3, -0.25) is 4.79 Å². The third kappa shape index (κ3) is 20.4. The topological polar surface area (TPSA) is 84.7 Å². The second kappa shape index (κ2) is 10.9. The van der Waals surface area contributed by atoms with Crippen molar-refractivity contribution in [1.29, 1.82) is 0 Å². The summed E-state index contributed by atoms with van der Waals surface area (Å²) in [6.45, 7) is 5.35. The maximum absolute atomic E-state index is 10.9. The minimum atomic E-state index is -0.861. The Balaban J connectivity index is 0. The van der Waals surface area contributed by atoms with Crippen LogP contribution in [0.5, 0.6) is 0 Å². The van der Waals surface area contributed by atoms with Crippen molar-refractivity contribution >= 4 is 5.91 Å². The third-order valence-corrected chi connectivity index (χ3v) is 1.19. The number of hydrogen-bond acceptors (Lipinski definition) is 5. The lowest BCUT2D eigenvalue weighted by atomic mass is 10.3. The Hall–Kier alpha value is -1.63. The Labute approximate surface area is 102 Å². The molecule has 0 fully saturated rings. The fourth-order valence-corrected chi connectivity index (χ4v) is 0.564. The molecule has 7 heteroatoms. The predicted octanol–water partition coefficient (Wildman–Crippen LogP) is 0.455. The molecule has 0 aliphatic carbocycles. The van der Waals surface area contributed by atoms with Crippen LogP contribution < -0.4 is 5.32 Å². The average molecular weight is 247 g/mol. The van der Waals surface area contributed by atoms with Crippen molar-refractivity contribution in [3.05, 3.63) is 22.3 Å². The van der Waals surface area contributed by atoms with Gasteiger partial charge < -0.3 is 15.1 Å². The maximum Gasteiger partial charge on any atom is 0.294 e. The number of carbonyl (C=O) groups is 1. The van der Waals surface area contributed by atoms with Crippen molar-refractivity contribution in [3.63, 3.8) is 0 Å². The highest BCUT2D eigenvalue weighted by molar-refractivity contribution is 5.91. The van der Waals surface area contributed by atoms with Crippen LogP contribution in [0.1, 0.15) is 13.3 Å². The molecule has 0 bridgehead atoms. The van der Waals surface area contributed by atoms with Crippen molar-refractivity contribution in [1.82, 2.24) is 10.2 Å². The van der Waals surface area contributed by atoms with E-state index in [0.717, 1.165) is 0 Å². The van der Waals surface area contributed by atoms with Crippen molar-refractivity contribution in [2.45, 2.75) is 13.3 Å². The average Bonchev–Trinajstić information content (AvgIpc) is 2.15. The summed E-state index contributed by atoms with van der Waals surface area (Å²) in [5, 5.41) is 11.3. The van der Waals surface area contributed by atoms with E-state index in [2.05, 4.69) is 16.7 Å². The molecule has 0 aliphatic heterocycles. The third-order valence-electron chi connectivity index (χ3n) is 1.19. The molecule has 0 aromatic carbocycles. The minimum Gasteiger partial charge on any atom is -0.352 e. The van der Waals surface area contributed by atoms with Gasteiger partial charge in [0.2, 0.25) is 5.91 Å². The van der Waals surface area contributed by atoms with Gasteiger partial charge >= 0.3 is 0 Å². The van der Waals surface area contributed by atoms with Crippen molar-refractivity contribution in [2.24, 2.45) is 0 Å². The number of nitrogens with one attached hydrogen (secondary N) is 1. The van der Waals surface area contributed by atoms with Gasteiger partial charge in [-0.2, -0.15) is 0 Å². The van der Waals surface area contributed by atoms with Crippen LogP contribution in [0.2, 0.25) is 0 Å². The van der Waals surface area contributed by atoms with E-state index in [-0.39, 0.29) is 12.5 Å². The summed E-state index contributed by atoms with van der Waals surface area (Å²) >= 11 is 0. The molecule has 0 unspecified atom stereocenters. The fraction of sp³-hybridized carbons (Fsp3) is 0.700. The molecular weight excluding hydrogens is 226 g/mol. The van der Waals surface area contributed by atoms with Gasteiger partial charge in [-0.15, -0.1) is 10.1 Å². The molecule has 0 aliphatic rings. The normalized spacial score (nSPS) is 9.00. The van der Waals surface area contributed by atoms with E-state index < -0.39 is 5.09 Å². The number of nitrogens with zero attached hydrogens (tertiary/aromatic N) is 2. The first-order chi connectivity index (χ1) is 7.77. The number of amides is 1. The standard InChI is InChI=1S/C7H12N2O4.C3H9N/c1-6(2)7(10)8-4-3-5-13-9(11)12;1-4(2)3/h1,3-5H2,2H3,(H,8,10);1-3H3. The van der Waals surface area contributed by atoms with E-state index in [1.807, 2.05) is 26.0 Å². The maximum atomic E-state index is 10.9. The molecule has 0 radical (unpaired) electrons. The Bertz CT molecular complexity index is 251. The van der Waals surface area contributed by atoms with Gasteiger partial charge in [0.15, 0.2) is 0 Å². The van der Waals surface area contributed by atoms with E-state index in [9.17, 15) is 14.9 Å². The van der Waals surface area contributed by atoms with Gasteiger partial charge in [0.05, 0.1) is 6.61 Å². The van der Waals surface area contributed by atoms with Crippen LogP contribution in [-0.4, -0.2) is 50.2 Å². The van der Waals surface area contributed by atoms with Gasteiger partial charge in [0.25, 0.3) is 5.09 Å². The number of hydrogen-bond donors (Lipinski definition) is 1. The molecular formula is C10H21N3O4. The summed E-state index contributed by atoms with van der Waals surface area (Å²) in [7, 11) is 6.00. The van der Waals surface area contributed by atoms with Crippen LogP contribution in [0.25, 0.3) is 0 Å². The first-order valence-electron chi connectivity index (χ1n) is 5.09. The lowest BCUT2D eigenvalue weighted by Gasteiger charge is -2.02. The molecule has 0 saturated carbocycles. The van der Waals surface area contributed by atoms with E-state index in [1.165, 1.54) is 0 Å². The van der Waals surface area contributed by atoms with Crippen molar-refractivity contribution < 1.29 is 14.7 Å². The molecule has 0 atom stereocenters. The first-order valence-corrected chi connectivity index (χ1v) is 5.09. The van der Waals surface area contributed by atoms with Crippen LogP contribution in [0.3, 0.4) is 0 Å². The van der Waals surface area contributed by atoms with Crippen LogP contribution in [0.15, 0.2) is 12.2 Å². The molecule has 0 aromatic heterocycles. The van der Waals surface area contributed by atoms with Crippen LogP contribution >= 0.6 is 0 Å². The highest BCUT2D eigenvalue weighted by Crippen LogP contribution is 1.86. The summed E-state index contributed by atoms with van der Waals surface area (Å²) in [4.78, 5) is 26.6. The first kappa shape index (κ1) is 17.8. The summed E-state index contributed by atoms with van der Waals surface area (Å²) in [6, 6.07) is 0. The fourth-order valence-electron chi connectivity index (χ4n) is 0.564. The molecule has 0 aromatic rings. The zero-order valence-electron chi connectivity index (χ0n) is 10.9. The molecule has 1 amide bonds. The van der Waals surface area contributed by atoms with E-state index in [1.54, 1.807) is 6.92 Å². The van der Waals surface area contributed by atoms with Gasteiger partial charge in [-0.1, -0.05) is 6.58 Å². The summed E-state index contributed by atoms with van der Waals surface area (Å²) in [6.07, 6.45) is 0.403. The molecule has 0 heterocycles. The molecule has 7 nitrogen and oxygen atoms in total. The Morgan fingerprint density at radius 1 is 1.47 bits per heavy atom. The lowest BCUT2D eigenvalue weighted by molar-refractivity contribution is -0.757. The van der Waals surface area contributed by atoms with Crippen molar-refractivity contribution in [3.8, 4) is 0 Å². The van der Waals surface area contributed by atoms with Gasteiger partial charge in [-0.25, -0.2) is 0 Å². The molecule has 1 N–H and O–H groups in total. The van der Waals surface area contributed by atoms with Crippen LogP contribution in [0, 0.1) is 10.1 Å². The Morgan fingerprint density at radius 2 is 1.94 bits per heavy atom. The van der Waals surface area contributed by atoms with Crippen LogP contribution in [-0.2, 0) is 9.63 Å². The quantitative estimate of drug-likeness (QED) is 0.319. The highest BCUT2D eigenvalue weighted by Gasteiger charge is 2.00. The second-order valence-corrected chi connectivity index (χ2v) is 3.79. The predicted molar refractivity (Wildman–Crippen MR) is 65.0 cm³/mol. The molecule has 0 saturated heterocycles. The number of carbonyl (C=O) groups excluding carboxylic acids is 1. The molecule has 0 spiro atoms. The van der Waals surface area contributed by atoms with E-state index >= 15 is 0 Å². The molecule has 0 rings (SSSR count).